The molecule has 2 aromatic carbocycles. The summed E-state index contributed by atoms with van der Waals surface area (Å²) in [5.74, 6) is 1.44. The van der Waals surface area contributed by atoms with Crippen molar-refractivity contribution in [3.8, 4) is 17.3 Å². The fourth-order valence-electron chi connectivity index (χ4n) is 4.22. The summed E-state index contributed by atoms with van der Waals surface area (Å²) in [5, 5.41) is 24.8. The maximum atomic E-state index is 11.2. The number of hydrogen-bond donors (Lipinski definition) is 2. The topological polar surface area (TPSA) is 81.4 Å². The maximum Gasteiger partial charge on any atom is 0.207 e. The van der Waals surface area contributed by atoms with Crippen LogP contribution in [0.1, 0.15) is 29.4 Å². The van der Waals surface area contributed by atoms with Crippen LogP contribution >= 0.6 is 0 Å². The first kappa shape index (κ1) is 19.4. The molecule has 0 atom stereocenters. The summed E-state index contributed by atoms with van der Waals surface area (Å²) < 4.78 is 12.9. The largest absolute Gasteiger partial charge is 0.494 e. The van der Waals surface area contributed by atoms with Crippen LogP contribution < -0.4 is 10.1 Å². The van der Waals surface area contributed by atoms with E-state index in [9.17, 15) is 5.11 Å². The second kappa shape index (κ2) is 7.59. The molecule has 0 radical (unpaired) electrons. The lowest BCUT2D eigenvalue weighted by Gasteiger charge is -2.10. The molecular formula is C24H24N4O3. The highest BCUT2D eigenvalue weighted by Crippen LogP contribution is 2.40. The van der Waals surface area contributed by atoms with Crippen LogP contribution in [0, 0.1) is 13.8 Å². The van der Waals surface area contributed by atoms with Crippen LogP contribution in [0.3, 0.4) is 0 Å². The van der Waals surface area contributed by atoms with Crippen LogP contribution in [0.5, 0.6) is 11.6 Å². The Morgan fingerprint density at radius 3 is 2.58 bits per heavy atom. The molecule has 158 valence electrons. The Labute approximate surface area is 180 Å². The van der Waals surface area contributed by atoms with Crippen molar-refractivity contribution in [3.05, 3.63) is 65.0 Å². The van der Waals surface area contributed by atoms with Crippen molar-refractivity contribution in [2.75, 3.05) is 11.9 Å². The highest BCUT2D eigenvalue weighted by atomic mass is 16.5. The molecule has 2 N–H and O–H groups in total. The maximum absolute atomic E-state index is 11.2. The zero-order valence-electron chi connectivity index (χ0n) is 17.8. The van der Waals surface area contributed by atoms with Crippen molar-refractivity contribution < 1.29 is 14.6 Å². The zero-order chi connectivity index (χ0) is 21.5. The Hall–Kier alpha value is -3.58. The Balaban J connectivity index is 1.61. The van der Waals surface area contributed by atoms with Gasteiger partial charge in [0.1, 0.15) is 5.75 Å². The number of nitrogens with one attached hydrogen (secondary N) is 1. The third kappa shape index (κ3) is 3.27. The van der Waals surface area contributed by atoms with Crippen LogP contribution in [0.15, 0.2) is 42.5 Å². The summed E-state index contributed by atoms with van der Waals surface area (Å²) in [7, 11) is 0. The first-order valence-electron chi connectivity index (χ1n) is 10.3. The Kier molecular flexibility index (Phi) is 4.75. The summed E-state index contributed by atoms with van der Waals surface area (Å²) in [4.78, 5) is 0. The highest BCUT2D eigenvalue weighted by molar-refractivity contribution is 6.01. The fourth-order valence-corrected chi connectivity index (χ4v) is 4.22. The number of aryl methyl sites for hydroxylation is 2. The lowest BCUT2D eigenvalue weighted by Crippen LogP contribution is -1.99. The van der Waals surface area contributed by atoms with Gasteiger partial charge in [-0.15, -0.1) is 5.10 Å². The second-order valence-electron chi connectivity index (χ2n) is 7.66. The van der Waals surface area contributed by atoms with Crippen molar-refractivity contribution in [2.24, 2.45) is 0 Å². The SMILES string of the molecule is CCOc1ccc(-n2c(C)c3c(C)nnc(Nc4ccc5c(c4)COC5)c3c2O)cc1. The van der Waals surface area contributed by atoms with Crippen molar-refractivity contribution in [1.29, 1.82) is 0 Å². The number of benzene rings is 2. The van der Waals surface area contributed by atoms with E-state index in [0.29, 0.717) is 31.0 Å². The highest BCUT2D eigenvalue weighted by Gasteiger charge is 2.22. The van der Waals surface area contributed by atoms with Crippen LogP contribution in [0.25, 0.3) is 16.5 Å². The third-order valence-corrected chi connectivity index (χ3v) is 5.67. The summed E-state index contributed by atoms with van der Waals surface area (Å²) >= 11 is 0. The third-order valence-electron chi connectivity index (χ3n) is 5.67. The number of aromatic hydroxyl groups is 1. The average Bonchev–Trinajstić information content (AvgIpc) is 3.33. The Morgan fingerprint density at radius 1 is 1.03 bits per heavy atom. The molecule has 0 bridgehead atoms. The first-order chi connectivity index (χ1) is 15.1. The number of rotatable bonds is 5. The van der Waals surface area contributed by atoms with Gasteiger partial charge in [0.2, 0.25) is 5.88 Å². The molecule has 7 nitrogen and oxygen atoms in total. The van der Waals surface area contributed by atoms with Gasteiger partial charge in [0, 0.05) is 22.5 Å². The van der Waals surface area contributed by atoms with E-state index in [0.717, 1.165) is 39.5 Å². The average molecular weight is 416 g/mol. The van der Waals surface area contributed by atoms with E-state index < -0.39 is 0 Å². The molecule has 1 aliphatic rings. The quantitative estimate of drug-likeness (QED) is 0.481. The molecule has 0 saturated heterocycles. The van der Waals surface area contributed by atoms with E-state index in [1.54, 1.807) is 0 Å². The molecule has 0 aliphatic carbocycles. The van der Waals surface area contributed by atoms with Crippen molar-refractivity contribution in [3.63, 3.8) is 0 Å². The predicted molar refractivity (Wildman–Crippen MR) is 119 cm³/mol. The molecular weight excluding hydrogens is 392 g/mol. The fraction of sp³-hybridized carbons (Fsp3) is 0.250. The second-order valence-corrected chi connectivity index (χ2v) is 7.66. The zero-order valence-corrected chi connectivity index (χ0v) is 17.8. The number of aromatic nitrogens is 3. The minimum atomic E-state index is 0.127. The number of fused-ring (bicyclic) bond motifs is 2. The van der Waals surface area contributed by atoms with Gasteiger partial charge in [-0.1, -0.05) is 6.07 Å². The van der Waals surface area contributed by atoms with E-state index in [1.807, 2.05) is 55.7 Å². The number of ether oxygens (including phenoxy) is 2. The standard InChI is InChI=1S/C24H24N4O3/c1-4-31-20-9-7-19(8-10-20)28-15(3)21-14(2)26-27-23(22(21)24(28)29)25-18-6-5-16-12-30-13-17(16)11-18/h5-11,29H,4,12-13H2,1-3H3,(H,25,27). The Bertz CT molecular complexity index is 1280. The lowest BCUT2D eigenvalue weighted by molar-refractivity contribution is 0.134. The molecule has 0 fully saturated rings. The van der Waals surface area contributed by atoms with Gasteiger partial charge < -0.3 is 19.9 Å². The van der Waals surface area contributed by atoms with Gasteiger partial charge in [-0.05, 0) is 68.3 Å². The molecule has 7 heteroatoms. The molecule has 3 heterocycles. The van der Waals surface area contributed by atoms with Gasteiger partial charge >= 0.3 is 0 Å². The minimum absolute atomic E-state index is 0.127. The van der Waals surface area contributed by atoms with Crippen LogP contribution in [-0.2, 0) is 18.0 Å². The summed E-state index contributed by atoms with van der Waals surface area (Å²) in [5.41, 5.74) is 5.75. The smallest absolute Gasteiger partial charge is 0.207 e. The van der Waals surface area contributed by atoms with Crippen LogP contribution in [-0.4, -0.2) is 26.5 Å². The molecule has 4 aromatic rings. The van der Waals surface area contributed by atoms with Gasteiger partial charge in [-0.2, -0.15) is 5.10 Å². The molecule has 1 aliphatic heterocycles. The molecule has 0 saturated carbocycles. The number of anilines is 2. The molecule has 0 amide bonds. The summed E-state index contributed by atoms with van der Waals surface area (Å²) in [6.07, 6.45) is 0. The first-order valence-corrected chi connectivity index (χ1v) is 10.3. The molecule has 0 spiro atoms. The van der Waals surface area contributed by atoms with Gasteiger partial charge in [-0.3, -0.25) is 4.57 Å². The van der Waals surface area contributed by atoms with Crippen LogP contribution in [0.4, 0.5) is 11.5 Å². The van der Waals surface area contributed by atoms with E-state index in [4.69, 9.17) is 9.47 Å². The van der Waals surface area contributed by atoms with Gasteiger partial charge in [0.05, 0.1) is 30.9 Å². The van der Waals surface area contributed by atoms with Crippen molar-refractivity contribution in [1.82, 2.24) is 14.8 Å². The van der Waals surface area contributed by atoms with Crippen molar-refractivity contribution >= 4 is 22.3 Å². The normalized spacial score (nSPS) is 12.9. The number of hydrogen-bond acceptors (Lipinski definition) is 6. The molecule has 5 rings (SSSR count). The lowest BCUT2D eigenvalue weighted by atomic mass is 10.1. The van der Waals surface area contributed by atoms with E-state index in [1.165, 1.54) is 5.56 Å². The monoisotopic (exact) mass is 416 g/mol. The number of nitrogens with zero attached hydrogens (tertiary/aromatic N) is 3. The van der Waals surface area contributed by atoms with Gasteiger partial charge in [0.25, 0.3) is 0 Å². The van der Waals surface area contributed by atoms with E-state index >= 15 is 0 Å². The molecule has 31 heavy (non-hydrogen) atoms. The van der Waals surface area contributed by atoms with Gasteiger partial charge in [-0.25, -0.2) is 0 Å². The van der Waals surface area contributed by atoms with E-state index in [2.05, 4.69) is 27.6 Å². The summed E-state index contributed by atoms with van der Waals surface area (Å²) in [6.45, 7) is 7.70. The predicted octanol–water partition coefficient (Wildman–Crippen LogP) is 4.92. The van der Waals surface area contributed by atoms with Crippen LogP contribution in [0.2, 0.25) is 0 Å². The molecule has 0 unspecified atom stereocenters. The Morgan fingerprint density at radius 2 is 1.81 bits per heavy atom. The minimum Gasteiger partial charge on any atom is -0.494 e. The molecule has 2 aromatic heterocycles. The van der Waals surface area contributed by atoms with Gasteiger partial charge in [0.15, 0.2) is 5.82 Å². The van der Waals surface area contributed by atoms with E-state index in [-0.39, 0.29) is 5.88 Å². The summed E-state index contributed by atoms with van der Waals surface area (Å²) in [6, 6.07) is 13.8. The van der Waals surface area contributed by atoms with Crippen molar-refractivity contribution in [2.45, 2.75) is 34.0 Å².